The van der Waals surface area contributed by atoms with Crippen molar-refractivity contribution in [3.63, 3.8) is 0 Å². The van der Waals surface area contributed by atoms with Crippen LogP contribution in [-0.4, -0.2) is 67.9 Å². The van der Waals surface area contributed by atoms with Crippen LogP contribution in [0, 0.1) is 0 Å². The third kappa shape index (κ3) is 4.98. The van der Waals surface area contributed by atoms with Gasteiger partial charge in [-0.1, -0.05) is 13.8 Å². The third-order valence-corrected chi connectivity index (χ3v) is 5.09. The second-order valence-electron chi connectivity index (χ2n) is 7.01. The Labute approximate surface area is 171 Å². The molecule has 0 aromatic carbocycles. The number of imidazole rings is 1. The molecule has 0 spiro atoms. The lowest BCUT2D eigenvalue weighted by atomic mass is 10.0. The molecular formula is C18H27F4N5O3. The van der Waals surface area contributed by atoms with Crippen LogP contribution in [0.2, 0.25) is 0 Å². The SMILES string of the molecule is CCC(CC)Nc1nc(C(F)(F)F)nc2c1ncn2C(C)C(F)C(O)C(CO)OC. The fourth-order valence-corrected chi connectivity index (χ4v) is 3.09. The fraction of sp³-hybridized carbons (Fsp3) is 0.722. The molecule has 0 radical (unpaired) electrons. The molecule has 2 heterocycles. The van der Waals surface area contributed by atoms with E-state index in [0.29, 0.717) is 12.8 Å². The molecule has 0 fully saturated rings. The van der Waals surface area contributed by atoms with Crippen molar-refractivity contribution in [2.24, 2.45) is 0 Å². The number of halogens is 4. The molecule has 0 amide bonds. The van der Waals surface area contributed by atoms with Crippen LogP contribution >= 0.6 is 0 Å². The number of hydrogen-bond acceptors (Lipinski definition) is 7. The summed E-state index contributed by atoms with van der Waals surface area (Å²) in [5.74, 6) is -1.47. The fourth-order valence-electron chi connectivity index (χ4n) is 3.09. The van der Waals surface area contributed by atoms with Crippen molar-refractivity contribution in [2.75, 3.05) is 19.0 Å². The molecule has 0 aliphatic carbocycles. The van der Waals surface area contributed by atoms with Gasteiger partial charge >= 0.3 is 6.18 Å². The van der Waals surface area contributed by atoms with Crippen molar-refractivity contribution in [1.82, 2.24) is 19.5 Å². The Kier molecular flexibility index (Phi) is 7.94. The van der Waals surface area contributed by atoms with Gasteiger partial charge in [0.1, 0.15) is 23.9 Å². The maximum Gasteiger partial charge on any atom is 0.451 e. The number of alkyl halides is 4. The average Bonchev–Trinajstić information content (AvgIpc) is 3.15. The highest BCUT2D eigenvalue weighted by Crippen LogP contribution is 2.32. The van der Waals surface area contributed by atoms with E-state index in [-0.39, 0.29) is 23.0 Å². The van der Waals surface area contributed by atoms with Crippen molar-refractivity contribution in [2.45, 2.75) is 70.3 Å². The van der Waals surface area contributed by atoms with E-state index in [1.165, 1.54) is 14.0 Å². The van der Waals surface area contributed by atoms with E-state index in [1.54, 1.807) is 0 Å². The predicted octanol–water partition coefficient (Wildman–Crippen LogP) is 2.71. The van der Waals surface area contributed by atoms with Crippen molar-refractivity contribution in [3.05, 3.63) is 12.2 Å². The standard InChI is InChI=1S/C18H27F4N5O3/c1-5-10(6-2)24-15-13-16(26-17(25-15)18(20,21)22)27(8-23-13)9(3)12(19)14(29)11(7-28)30-4/h8-12,14,28-29H,5-7H2,1-4H3,(H,24,25,26). The van der Waals surface area contributed by atoms with E-state index in [2.05, 4.69) is 20.3 Å². The van der Waals surface area contributed by atoms with Gasteiger partial charge in [-0.15, -0.1) is 0 Å². The number of aliphatic hydroxyl groups excluding tert-OH is 2. The van der Waals surface area contributed by atoms with E-state index in [4.69, 9.17) is 4.74 Å². The van der Waals surface area contributed by atoms with Gasteiger partial charge in [0.15, 0.2) is 11.5 Å². The van der Waals surface area contributed by atoms with Gasteiger partial charge in [-0.05, 0) is 19.8 Å². The van der Waals surface area contributed by atoms with E-state index in [1.807, 2.05) is 13.8 Å². The molecule has 170 valence electrons. The van der Waals surface area contributed by atoms with E-state index in [9.17, 15) is 27.8 Å². The van der Waals surface area contributed by atoms with Crippen molar-refractivity contribution in [3.8, 4) is 0 Å². The number of methoxy groups -OCH3 is 1. The van der Waals surface area contributed by atoms with Gasteiger partial charge < -0.3 is 24.8 Å². The van der Waals surface area contributed by atoms with Crippen LogP contribution in [0.15, 0.2) is 6.33 Å². The van der Waals surface area contributed by atoms with Gasteiger partial charge in [-0.25, -0.2) is 19.3 Å². The monoisotopic (exact) mass is 437 g/mol. The highest BCUT2D eigenvalue weighted by molar-refractivity contribution is 5.83. The molecule has 0 saturated heterocycles. The van der Waals surface area contributed by atoms with Crippen LogP contribution in [0.4, 0.5) is 23.4 Å². The van der Waals surface area contributed by atoms with Crippen molar-refractivity contribution in [1.29, 1.82) is 0 Å². The van der Waals surface area contributed by atoms with Crippen LogP contribution in [0.25, 0.3) is 11.2 Å². The van der Waals surface area contributed by atoms with Crippen molar-refractivity contribution < 1.29 is 32.5 Å². The molecule has 2 rings (SSSR count). The Morgan fingerprint density at radius 1 is 1.23 bits per heavy atom. The predicted molar refractivity (Wildman–Crippen MR) is 102 cm³/mol. The van der Waals surface area contributed by atoms with E-state index >= 15 is 0 Å². The lowest BCUT2D eigenvalue weighted by molar-refractivity contribution is -0.144. The normalized spacial score (nSPS) is 16.6. The molecule has 4 unspecified atom stereocenters. The summed E-state index contributed by atoms with van der Waals surface area (Å²) in [6.45, 7) is 4.50. The number of fused-ring (bicyclic) bond motifs is 1. The number of aromatic nitrogens is 4. The number of ether oxygens (including phenoxy) is 1. The highest BCUT2D eigenvalue weighted by Gasteiger charge is 2.38. The van der Waals surface area contributed by atoms with Crippen LogP contribution < -0.4 is 5.32 Å². The van der Waals surface area contributed by atoms with Gasteiger partial charge in [0, 0.05) is 13.2 Å². The van der Waals surface area contributed by atoms with Gasteiger partial charge in [0.25, 0.3) is 0 Å². The van der Waals surface area contributed by atoms with Crippen molar-refractivity contribution >= 4 is 17.0 Å². The van der Waals surface area contributed by atoms with Crippen LogP contribution in [0.3, 0.4) is 0 Å². The molecular weight excluding hydrogens is 410 g/mol. The minimum atomic E-state index is -4.82. The molecule has 2 aromatic heterocycles. The van der Waals surface area contributed by atoms with Gasteiger partial charge in [0.05, 0.1) is 19.0 Å². The summed E-state index contributed by atoms with van der Waals surface area (Å²) in [4.78, 5) is 11.3. The first-order valence-electron chi connectivity index (χ1n) is 9.62. The maximum absolute atomic E-state index is 14.9. The molecule has 12 heteroatoms. The molecule has 30 heavy (non-hydrogen) atoms. The Morgan fingerprint density at radius 2 is 1.87 bits per heavy atom. The van der Waals surface area contributed by atoms with Gasteiger partial charge in [0.2, 0.25) is 5.82 Å². The molecule has 4 atom stereocenters. The lowest BCUT2D eigenvalue weighted by Crippen LogP contribution is -2.42. The first kappa shape index (κ1) is 24.2. The number of nitrogens with zero attached hydrogens (tertiary/aromatic N) is 4. The number of anilines is 1. The number of hydrogen-bond donors (Lipinski definition) is 3. The smallest absolute Gasteiger partial charge is 0.394 e. The van der Waals surface area contributed by atoms with Gasteiger partial charge in [-0.3, -0.25) is 0 Å². The van der Waals surface area contributed by atoms with E-state index in [0.717, 1.165) is 10.9 Å². The Hall–Kier alpha value is -2.05. The number of aliphatic hydroxyl groups is 2. The molecule has 8 nitrogen and oxygen atoms in total. The minimum Gasteiger partial charge on any atom is -0.394 e. The van der Waals surface area contributed by atoms with Crippen LogP contribution in [0.1, 0.15) is 45.5 Å². The van der Waals surface area contributed by atoms with Crippen LogP contribution in [0.5, 0.6) is 0 Å². The quantitative estimate of drug-likeness (QED) is 0.491. The van der Waals surface area contributed by atoms with Gasteiger partial charge in [-0.2, -0.15) is 13.2 Å². The minimum absolute atomic E-state index is 0.0638. The zero-order valence-corrected chi connectivity index (χ0v) is 17.2. The highest BCUT2D eigenvalue weighted by atomic mass is 19.4. The largest absolute Gasteiger partial charge is 0.451 e. The zero-order chi connectivity index (χ0) is 22.6. The first-order chi connectivity index (χ1) is 14.1. The summed E-state index contributed by atoms with van der Waals surface area (Å²) in [5.41, 5.74) is -0.153. The average molecular weight is 437 g/mol. The van der Waals surface area contributed by atoms with E-state index < -0.39 is 43.0 Å². The van der Waals surface area contributed by atoms with Crippen LogP contribution in [-0.2, 0) is 10.9 Å². The summed E-state index contributed by atoms with van der Waals surface area (Å²) in [5, 5.41) is 22.3. The third-order valence-electron chi connectivity index (χ3n) is 5.09. The molecule has 0 saturated carbocycles. The first-order valence-corrected chi connectivity index (χ1v) is 9.62. The summed E-state index contributed by atoms with van der Waals surface area (Å²) in [7, 11) is 1.20. The summed E-state index contributed by atoms with van der Waals surface area (Å²) < 4.78 is 61.0. The number of rotatable bonds is 10. The lowest BCUT2D eigenvalue weighted by Gasteiger charge is -2.27. The molecule has 3 N–H and O–H groups in total. The molecule has 0 aliphatic rings. The number of nitrogens with one attached hydrogen (secondary N) is 1. The molecule has 0 aliphatic heterocycles. The summed E-state index contributed by atoms with van der Waals surface area (Å²) >= 11 is 0. The zero-order valence-electron chi connectivity index (χ0n) is 17.2. The Morgan fingerprint density at radius 3 is 2.37 bits per heavy atom. The Bertz CT molecular complexity index is 824. The topological polar surface area (TPSA) is 105 Å². The summed E-state index contributed by atoms with van der Waals surface area (Å²) in [6, 6.07) is -1.28. The summed E-state index contributed by atoms with van der Waals surface area (Å²) in [6.07, 6.45) is -7.23. The second kappa shape index (κ2) is 9.84. The maximum atomic E-state index is 14.9. The Balaban J connectivity index is 2.54. The second-order valence-corrected chi connectivity index (χ2v) is 7.01. The molecule has 0 bridgehead atoms. The molecule has 2 aromatic rings.